The van der Waals surface area contributed by atoms with Gasteiger partial charge in [-0.25, -0.2) is 9.13 Å². The van der Waals surface area contributed by atoms with Gasteiger partial charge in [0.25, 0.3) is 0 Å². The third kappa shape index (κ3) is 71.1. The Balaban J connectivity index is 5.13. The van der Waals surface area contributed by atoms with Crippen LogP contribution in [0, 0.1) is 23.7 Å². The van der Waals surface area contributed by atoms with Crippen LogP contribution in [0.2, 0.25) is 0 Å². The van der Waals surface area contributed by atoms with E-state index in [1.165, 1.54) is 199 Å². The van der Waals surface area contributed by atoms with Crippen molar-refractivity contribution >= 4 is 39.5 Å². The first kappa shape index (κ1) is 96.1. The van der Waals surface area contributed by atoms with Gasteiger partial charge in [0.2, 0.25) is 0 Å². The fraction of sp³-hybridized carbons (Fsp3) is 0.949. The van der Waals surface area contributed by atoms with Gasteiger partial charge in [0.1, 0.15) is 19.3 Å². The Morgan fingerprint density at radius 2 is 0.490 bits per heavy atom. The van der Waals surface area contributed by atoms with Crippen LogP contribution in [0.15, 0.2) is 0 Å². The Bertz CT molecular complexity index is 1920. The van der Waals surface area contributed by atoms with Gasteiger partial charge in [-0.1, -0.05) is 351 Å². The molecule has 0 rings (SSSR count). The molecule has 0 spiro atoms. The molecule has 0 heterocycles. The number of esters is 4. The summed E-state index contributed by atoms with van der Waals surface area (Å²) in [4.78, 5) is 72.8. The molecule has 0 saturated heterocycles. The number of ether oxygens (including phenoxy) is 4. The summed E-state index contributed by atoms with van der Waals surface area (Å²) in [6.07, 6.45) is 54.5. The molecule has 582 valence electrons. The topological polar surface area (TPSA) is 237 Å². The molecule has 0 bridgehead atoms. The number of hydrogen-bond donors (Lipinski definition) is 3. The minimum Gasteiger partial charge on any atom is -0.462 e. The Labute approximate surface area is 600 Å². The molecule has 98 heavy (non-hydrogen) atoms. The maximum Gasteiger partial charge on any atom is 0.472 e. The average Bonchev–Trinajstić information content (AvgIpc) is 1.08. The van der Waals surface area contributed by atoms with Gasteiger partial charge >= 0.3 is 39.5 Å². The summed E-state index contributed by atoms with van der Waals surface area (Å²) < 4.78 is 68.5. The molecule has 0 fully saturated rings. The lowest BCUT2D eigenvalue weighted by atomic mass is 10.00. The molecule has 0 aromatic heterocycles. The molecular formula is C79H154O17P2. The van der Waals surface area contributed by atoms with E-state index in [-0.39, 0.29) is 25.7 Å². The molecule has 0 aliphatic carbocycles. The predicted octanol–water partition coefficient (Wildman–Crippen LogP) is 23.2. The zero-order chi connectivity index (χ0) is 72.4. The number of aliphatic hydroxyl groups is 1. The number of carbonyl (C=O) groups is 4. The van der Waals surface area contributed by atoms with Crippen LogP contribution >= 0.6 is 15.6 Å². The van der Waals surface area contributed by atoms with Crippen molar-refractivity contribution in [2.24, 2.45) is 23.7 Å². The van der Waals surface area contributed by atoms with E-state index in [1.807, 2.05) is 0 Å². The van der Waals surface area contributed by atoms with E-state index in [0.717, 1.165) is 114 Å². The predicted molar refractivity (Wildman–Crippen MR) is 400 cm³/mol. The quantitative estimate of drug-likeness (QED) is 0.0222. The fourth-order valence-electron chi connectivity index (χ4n) is 12.0. The van der Waals surface area contributed by atoms with E-state index in [0.29, 0.717) is 31.6 Å². The second-order valence-electron chi connectivity index (χ2n) is 30.1. The lowest BCUT2D eigenvalue weighted by molar-refractivity contribution is -0.161. The molecule has 19 heteroatoms. The Hall–Kier alpha value is -1.94. The second-order valence-corrected chi connectivity index (χ2v) is 33.0. The number of unbranched alkanes of at least 4 members (excludes halogenated alkanes) is 41. The Kier molecular flexibility index (Phi) is 66.8. The molecule has 0 aromatic carbocycles. The van der Waals surface area contributed by atoms with Gasteiger partial charge in [-0.2, -0.15) is 0 Å². The largest absolute Gasteiger partial charge is 0.472 e. The summed E-state index contributed by atoms with van der Waals surface area (Å²) >= 11 is 0. The first-order valence-corrected chi connectivity index (χ1v) is 43.7. The number of phosphoric acid groups is 2. The van der Waals surface area contributed by atoms with E-state index in [4.69, 9.17) is 37.0 Å². The number of carbonyl (C=O) groups excluding carboxylic acids is 4. The zero-order valence-electron chi connectivity index (χ0n) is 64.4. The van der Waals surface area contributed by atoms with E-state index >= 15 is 0 Å². The highest BCUT2D eigenvalue weighted by Crippen LogP contribution is 2.45. The van der Waals surface area contributed by atoms with Crippen LogP contribution in [0.4, 0.5) is 0 Å². The lowest BCUT2D eigenvalue weighted by Gasteiger charge is -2.21. The summed E-state index contributed by atoms with van der Waals surface area (Å²) in [5, 5.41) is 10.6. The van der Waals surface area contributed by atoms with Crippen LogP contribution in [-0.4, -0.2) is 96.7 Å². The Morgan fingerprint density at radius 1 is 0.286 bits per heavy atom. The van der Waals surface area contributed by atoms with Crippen molar-refractivity contribution in [2.45, 2.75) is 420 Å². The van der Waals surface area contributed by atoms with E-state index < -0.39 is 97.5 Å². The van der Waals surface area contributed by atoms with Gasteiger partial charge in [0, 0.05) is 25.7 Å². The molecular weight excluding hydrogens is 1280 g/mol. The summed E-state index contributed by atoms with van der Waals surface area (Å²) in [5.74, 6) is 0.903. The molecule has 3 N–H and O–H groups in total. The van der Waals surface area contributed by atoms with Crippen LogP contribution in [-0.2, 0) is 65.4 Å². The van der Waals surface area contributed by atoms with Gasteiger partial charge < -0.3 is 33.8 Å². The molecule has 17 nitrogen and oxygen atoms in total. The third-order valence-electron chi connectivity index (χ3n) is 18.7. The lowest BCUT2D eigenvalue weighted by Crippen LogP contribution is -2.30. The normalized spacial score (nSPS) is 14.3. The molecule has 0 aliphatic rings. The van der Waals surface area contributed by atoms with Crippen LogP contribution in [0.3, 0.4) is 0 Å². The summed E-state index contributed by atoms with van der Waals surface area (Å²) in [7, 11) is -9.91. The van der Waals surface area contributed by atoms with E-state index in [2.05, 4.69) is 55.4 Å². The second kappa shape index (κ2) is 68.2. The molecule has 0 amide bonds. The molecule has 4 unspecified atom stereocenters. The van der Waals surface area contributed by atoms with Crippen molar-refractivity contribution in [3.63, 3.8) is 0 Å². The van der Waals surface area contributed by atoms with Crippen molar-refractivity contribution in [1.29, 1.82) is 0 Å². The number of aliphatic hydroxyl groups excluding tert-OH is 1. The smallest absolute Gasteiger partial charge is 0.462 e. The maximum absolute atomic E-state index is 13.1. The van der Waals surface area contributed by atoms with Crippen molar-refractivity contribution < 1.29 is 80.2 Å². The number of hydrogen-bond acceptors (Lipinski definition) is 15. The maximum atomic E-state index is 13.1. The number of phosphoric ester groups is 2. The summed E-state index contributed by atoms with van der Waals surface area (Å²) in [6.45, 7) is 14.2. The zero-order valence-corrected chi connectivity index (χ0v) is 66.2. The first-order chi connectivity index (χ1) is 47.1. The van der Waals surface area contributed by atoms with E-state index in [9.17, 15) is 43.2 Å². The van der Waals surface area contributed by atoms with Crippen LogP contribution in [0.5, 0.6) is 0 Å². The van der Waals surface area contributed by atoms with Gasteiger partial charge in [-0.05, 0) is 49.4 Å². The van der Waals surface area contributed by atoms with E-state index in [1.54, 1.807) is 0 Å². The fourth-order valence-corrected chi connectivity index (χ4v) is 13.6. The van der Waals surface area contributed by atoms with Gasteiger partial charge in [0.15, 0.2) is 12.2 Å². The number of rotatable bonds is 76. The van der Waals surface area contributed by atoms with Crippen LogP contribution in [0.1, 0.15) is 402 Å². The minimum absolute atomic E-state index is 0.103. The highest BCUT2D eigenvalue weighted by molar-refractivity contribution is 7.47. The minimum atomic E-state index is -4.96. The monoisotopic (exact) mass is 1440 g/mol. The van der Waals surface area contributed by atoms with Gasteiger partial charge in [0.05, 0.1) is 26.4 Å². The van der Waals surface area contributed by atoms with Crippen molar-refractivity contribution in [3.05, 3.63) is 0 Å². The van der Waals surface area contributed by atoms with Crippen LogP contribution in [0.25, 0.3) is 0 Å². The molecule has 0 radical (unpaired) electrons. The van der Waals surface area contributed by atoms with Gasteiger partial charge in [-0.3, -0.25) is 37.3 Å². The van der Waals surface area contributed by atoms with Crippen LogP contribution < -0.4 is 0 Å². The highest BCUT2D eigenvalue weighted by Gasteiger charge is 2.30. The average molecular weight is 1440 g/mol. The summed E-state index contributed by atoms with van der Waals surface area (Å²) in [5.41, 5.74) is 0. The molecule has 0 aliphatic heterocycles. The first-order valence-electron chi connectivity index (χ1n) is 40.7. The molecule has 0 aromatic rings. The summed E-state index contributed by atoms with van der Waals surface area (Å²) in [6, 6.07) is 0. The molecule has 0 saturated carbocycles. The van der Waals surface area contributed by atoms with Crippen molar-refractivity contribution in [3.8, 4) is 0 Å². The highest BCUT2D eigenvalue weighted by atomic mass is 31.2. The van der Waals surface area contributed by atoms with Crippen molar-refractivity contribution in [1.82, 2.24) is 0 Å². The molecule has 6 atom stereocenters. The SMILES string of the molecule is CCC(C)CCCCCCCCC(=O)O[C@H](COC(=O)CCCCCCCCCCCCCCCCCC(C)C)COP(=O)(O)OCC(O)COP(=O)(O)OC[C@@H](COC(=O)CCCCCCCCC(C)C)OC(=O)CCCCCCCCCCCCCCCCCCCCC(C)C. The van der Waals surface area contributed by atoms with Gasteiger partial charge in [-0.15, -0.1) is 0 Å². The third-order valence-corrected chi connectivity index (χ3v) is 20.6. The standard InChI is InChI=1S/C79H154O17P2/c1-9-72(8)58-50-42-36-38-46-54-62-79(84)96-75(65-89-76(81)59-51-43-33-29-25-21-18-14-16-20-24-28-32-40-48-56-70(4)5)68-94-98(87,88)92-64-73(80)63-91-97(85,86)93-67-74(66-90-77(82)60-52-44-37-35-41-49-57-71(6)7)95-78(83)61-53-45-34-30-26-22-17-13-11-10-12-15-19-23-27-31-39-47-55-69(2)3/h69-75,80H,9-68H2,1-8H3,(H,85,86)(H,87,88)/t72?,73?,74-,75-/m1/s1. The Morgan fingerprint density at radius 3 is 0.724 bits per heavy atom. The van der Waals surface area contributed by atoms with Crippen molar-refractivity contribution in [2.75, 3.05) is 39.6 Å².